The predicted molar refractivity (Wildman–Crippen MR) is 331 cm³/mol. The van der Waals surface area contributed by atoms with E-state index < -0.39 is 0 Å². The van der Waals surface area contributed by atoms with E-state index in [1.807, 2.05) is 121 Å². The van der Waals surface area contributed by atoms with Crippen molar-refractivity contribution in [2.45, 2.75) is 44.0 Å². The smallest absolute Gasteiger partial charge is 0.203 e. The van der Waals surface area contributed by atoms with Crippen LogP contribution in [0.25, 0.3) is 11.1 Å². The Hall–Kier alpha value is -10.0. The van der Waals surface area contributed by atoms with E-state index in [1.165, 1.54) is 5.56 Å². The van der Waals surface area contributed by atoms with Crippen LogP contribution in [0.5, 0.6) is 40.2 Å². The molecular weight excluding hydrogens is 1040 g/mol. The summed E-state index contributed by atoms with van der Waals surface area (Å²) in [7, 11) is 9.90. The number of aliphatic imine (C=N–C) groups is 3. The fourth-order valence-electron chi connectivity index (χ4n) is 11.4. The first-order valence-corrected chi connectivity index (χ1v) is 27.7. The third kappa shape index (κ3) is 10.9. The summed E-state index contributed by atoms with van der Waals surface area (Å²) in [5.74, 6) is 6.88. The lowest BCUT2D eigenvalue weighted by molar-refractivity contribution is 0.275. The molecule has 416 valence electrons. The van der Waals surface area contributed by atoms with Gasteiger partial charge in [-0.05, 0) is 88.5 Å². The highest BCUT2D eigenvalue weighted by molar-refractivity contribution is 6.09. The molecule has 0 spiro atoms. The molecule has 9 aromatic carbocycles. The number of anilines is 3. The van der Waals surface area contributed by atoms with Crippen molar-refractivity contribution in [2.75, 3.05) is 57.4 Å². The minimum absolute atomic E-state index is 0.0315. The van der Waals surface area contributed by atoms with Gasteiger partial charge in [0.1, 0.15) is 29.9 Å². The molecule has 0 saturated carbocycles. The molecule has 83 heavy (non-hydrogen) atoms. The van der Waals surface area contributed by atoms with Gasteiger partial charge in [-0.1, -0.05) is 127 Å². The second kappa shape index (κ2) is 24.0. The molecule has 0 radical (unpaired) electrons. The molecule has 0 aromatic heterocycles. The van der Waals surface area contributed by atoms with E-state index in [1.54, 1.807) is 42.7 Å². The van der Waals surface area contributed by atoms with Gasteiger partial charge < -0.3 is 47.9 Å². The maximum Gasteiger partial charge on any atom is 0.203 e. The summed E-state index contributed by atoms with van der Waals surface area (Å²) in [6.45, 7) is 0.280. The molecule has 12 rings (SSSR count). The number of amidine groups is 3. The highest BCUT2D eigenvalue weighted by Gasteiger charge is 2.40. The highest BCUT2D eigenvalue weighted by Crippen LogP contribution is 2.51. The lowest BCUT2D eigenvalue weighted by Crippen LogP contribution is -2.47. The number of benzene rings is 9. The van der Waals surface area contributed by atoms with E-state index >= 15 is 0 Å². The van der Waals surface area contributed by atoms with Crippen molar-refractivity contribution in [3.63, 3.8) is 0 Å². The predicted octanol–water partition coefficient (Wildman–Crippen LogP) is 16.0. The van der Waals surface area contributed by atoms with Crippen molar-refractivity contribution < 1.29 is 33.2 Å². The van der Waals surface area contributed by atoms with Crippen LogP contribution in [0.15, 0.2) is 227 Å². The number of ether oxygens (including phenoxy) is 7. The van der Waals surface area contributed by atoms with E-state index in [4.69, 9.17) is 48.1 Å². The van der Waals surface area contributed by atoms with Crippen LogP contribution in [-0.4, -0.2) is 60.2 Å². The zero-order valence-electron chi connectivity index (χ0n) is 47.3. The monoisotopic (exact) mass is 1100 g/mol. The van der Waals surface area contributed by atoms with Crippen LogP contribution in [0.4, 0.5) is 34.1 Å². The Balaban J connectivity index is 0.857. The molecule has 0 aliphatic carbocycles. The van der Waals surface area contributed by atoms with Gasteiger partial charge in [0.2, 0.25) is 11.5 Å². The van der Waals surface area contributed by atoms with Crippen molar-refractivity contribution in [3.8, 4) is 51.4 Å². The Labute approximate surface area is 484 Å². The molecule has 3 unspecified atom stereocenters. The van der Waals surface area contributed by atoms with Crippen LogP contribution in [-0.2, 0) is 6.61 Å². The van der Waals surface area contributed by atoms with Crippen LogP contribution in [0.3, 0.4) is 0 Å². The number of nitrogens with zero attached hydrogens (tertiary/aromatic N) is 6. The standard InChI is InChI=1S/C70H64N6O7/c1-77-61-34-33-54(37-57(61)48-24-20-26-50(36-48)60-44-68(73-53-31-17-10-18-32-53)76(60)55-38-62(78-2)69(81-5)63(39-55)79-3)74-59(43-66(74)71-51-27-13-8-14-28-51)49-25-19-21-46(35-49)45-83-65-41-56(40-64(80-4)70(65)82-6)75-58(47-22-11-7-12-23-47)42-67(75)72-52-29-15-9-16-30-52/h7-41,58-60H,42-45H2,1-6H3/b71-66+,72-67+,73-68+. The summed E-state index contributed by atoms with van der Waals surface area (Å²) in [5, 5.41) is 0. The normalized spacial score (nSPS) is 17.8. The van der Waals surface area contributed by atoms with Crippen LogP contribution in [0, 0.1) is 0 Å². The van der Waals surface area contributed by atoms with Crippen LogP contribution in [0.1, 0.15) is 59.6 Å². The molecule has 3 aliphatic heterocycles. The Kier molecular flexibility index (Phi) is 15.5. The zero-order valence-corrected chi connectivity index (χ0v) is 47.3. The second-order valence-corrected chi connectivity index (χ2v) is 20.4. The average molecular weight is 1100 g/mol. The zero-order chi connectivity index (χ0) is 56.8. The van der Waals surface area contributed by atoms with Gasteiger partial charge in [0.25, 0.3) is 0 Å². The van der Waals surface area contributed by atoms with Gasteiger partial charge >= 0.3 is 0 Å². The van der Waals surface area contributed by atoms with Gasteiger partial charge in [0.15, 0.2) is 23.0 Å². The molecule has 0 bridgehead atoms. The molecular formula is C70H64N6O7. The molecule has 3 aliphatic rings. The third-order valence-electron chi connectivity index (χ3n) is 15.5. The quantitative estimate of drug-likeness (QED) is 0.0776. The molecule has 13 heteroatoms. The fraction of sp³-hybridized carbons (Fsp3) is 0.186. The van der Waals surface area contributed by atoms with E-state index in [2.05, 4.69) is 106 Å². The Bertz CT molecular complexity index is 3830. The summed E-state index contributed by atoms with van der Waals surface area (Å²) in [5.41, 5.74) is 11.8. The molecule has 0 N–H and O–H groups in total. The third-order valence-corrected chi connectivity index (χ3v) is 15.5. The van der Waals surface area contributed by atoms with Crippen molar-refractivity contribution in [1.82, 2.24) is 0 Å². The lowest BCUT2D eigenvalue weighted by Gasteiger charge is -2.45. The highest BCUT2D eigenvalue weighted by atomic mass is 16.5. The van der Waals surface area contributed by atoms with Crippen molar-refractivity contribution in [3.05, 3.63) is 235 Å². The number of methoxy groups -OCH3 is 6. The minimum atomic E-state index is -0.0539. The van der Waals surface area contributed by atoms with Gasteiger partial charge in [0.05, 0.1) is 89.2 Å². The van der Waals surface area contributed by atoms with Gasteiger partial charge in [-0.15, -0.1) is 0 Å². The molecule has 13 nitrogen and oxygen atoms in total. The van der Waals surface area contributed by atoms with E-state index in [9.17, 15) is 0 Å². The molecule has 0 amide bonds. The first kappa shape index (κ1) is 53.6. The van der Waals surface area contributed by atoms with Gasteiger partial charge in [-0.2, -0.15) is 0 Å². The van der Waals surface area contributed by atoms with Crippen molar-refractivity contribution in [1.29, 1.82) is 0 Å². The second-order valence-electron chi connectivity index (χ2n) is 20.4. The molecule has 3 fully saturated rings. The van der Waals surface area contributed by atoms with Crippen molar-refractivity contribution in [2.24, 2.45) is 15.0 Å². The maximum atomic E-state index is 6.78. The van der Waals surface area contributed by atoms with Gasteiger partial charge in [-0.3, -0.25) is 0 Å². The first-order chi connectivity index (χ1) is 40.8. The van der Waals surface area contributed by atoms with Gasteiger partial charge in [0, 0.05) is 54.8 Å². The fourth-order valence-corrected chi connectivity index (χ4v) is 11.4. The Morgan fingerprint density at radius 3 is 1.24 bits per heavy atom. The molecule has 3 saturated heterocycles. The first-order valence-electron chi connectivity index (χ1n) is 27.7. The Morgan fingerprint density at radius 1 is 0.349 bits per heavy atom. The Morgan fingerprint density at radius 2 is 0.759 bits per heavy atom. The van der Waals surface area contributed by atoms with Crippen LogP contribution in [0.2, 0.25) is 0 Å². The number of rotatable bonds is 19. The maximum absolute atomic E-state index is 6.78. The van der Waals surface area contributed by atoms with Crippen molar-refractivity contribution >= 4 is 51.6 Å². The molecule has 9 aromatic rings. The van der Waals surface area contributed by atoms with E-state index in [-0.39, 0.29) is 24.7 Å². The SMILES string of the molecule is COc1ccc(N2/C(=N/c3ccccc3)CC2c2cccc(COc3cc(N4/C(=N/c5ccccc5)CC4c4ccccc4)cc(OC)c3OC)c2)cc1-c1cccc(C2C/C(=N\c3ccccc3)N2c2cc(OC)c(OC)c(OC)c2)c1. The summed E-state index contributed by atoms with van der Waals surface area (Å²) < 4.78 is 42.3. The van der Waals surface area contributed by atoms with E-state index in [0.717, 1.165) is 98.0 Å². The molecule has 3 heterocycles. The van der Waals surface area contributed by atoms with Crippen LogP contribution < -0.4 is 47.9 Å². The summed E-state index contributed by atoms with van der Waals surface area (Å²) in [6, 6.07) is 72.5. The topological polar surface area (TPSA) is 111 Å². The number of para-hydroxylation sites is 3. The lowest BCUT2D eigenvalue weighted by atomic mass is 9.89. The van der Waals surface area contributed by atoms with Crippen LogP contribution >= 0.6 is 0 Å². The average Bonchev–Trinajstić information content (AvgIpc) is 3.57. The minimum Gasteiger partial charge on any atom is -0.496 e. The summed E-state index contributed by atoms with van der Waals surface area (Å²) in [4.78, 5) is 22.3. The van der Waals surface area contributed by atoms with E-state index in [0.29, 0.717) is 40.9 Å². The van der Waals surface area contributed by atoms with Gasteiger partial charge in [-0.25, -0.2) is 15.0 Å². The number of hydrogen-bond acceptors (Lipinski definition) is 10. The number of hydrogen-bond donors (Lipinski definition) is 0. The summed E-state index contributed by atoms with van der Waals surface area (Å²) >= 11 is 0. The molecule has 3 atom stereocenters. The summed E-state index contributed by atoms with van der Waals surface area (Å²) in [6.07, 6.45) is 2.21. The largest absolute Gasteiger partial charge is 0.496 e.